The minimum atomic E-state index is -0.411. The molecule has 7 heteroatoms. The molecular weight excluding hydrogens is 386 g/mol. The van der Waals surface area contributed by atoms with Crippen molar-refractivity contribution < 1.29 is 9.53 Å². The number of carbonyl (C=O) groups is 1. The first-order chi connectivity index (χ1) is 13.9. The van der Waals surface area contributed by atoms with Gasteiger partial charge in [0.1, 0.15) is 22.0 Å². The number of likely N-dealkylation sites (tertiary alicyclic amines) is 1. The normalized spacial score (nSPS) is 18.8. The van der Waals surface area contributed by atoms with Crippen LogP contribution in [0, 0.1) is 13.8 Å². The Morgan fingerprint density at radius 3 is 2.79 bits per heavy atom. The number of rotatable bonds is 2. The predicted octanol–water partition coefficient (Wildman–Crippen LogP) is 3.60. The summed E-state index contributed by atoms with van der Waals surface area (Å²) in [5.74, 6) is 1.58. The Morgan fingerprint density at radius 2 is 2.00 bits per heavy atom. The smallest absolute Gasteiger partial charge is 0.259 e. The number of nitrogens with one attached hydrogen (secondary N) is 1. The van der Waals surface area contributed by atoms with Gasteiger partial charge in [-0.15, -0.1) is 11.3 Å². The van der Waals surface area contributed by atoms with Crippen molar-refractivity contribution in [1.82, 2.24) is 14.9 Å². The van der Waals surface area contributed by atoms with Crippen molar-refractivity contribution in [3.8, 4) is 5.75 Å². The van der Waals surface area contributed by atoms with Gasteiger partial charge in [-0.2, -0.15) is 0 Å². The van der Waals surface area contributed by atoms with Crippen LogP contribution in [0.3, 0.4) is 0 Å². The van der Waals surface area contributed by atoms with Crippen LogP contribution < -0.4 is 10.3 Å². The maximum atomic E-state index is 12.7. The monoisotopic (exact) mass is 409 g/mol. The molecular formula is C22H23N3O3S. The summed E-state index contributed by atoms with van der Waals surface area (Å²) in [6.07, 6.45) is 2.01. The number of aromatic amines is 1. The zero-order valence-electron chi connectivity index (χ0n) is 16.6. The third kappa shape index (κ3) is 3.38. The number of aryl methyl sites for hydroxylation is 2. The molecule has 4 heterocycles. The molecule has 0 aliphatic carbocycles. The molecule has 1 spiro atoms. The number of aromatic nitrogens is 2. The molecule has 29 heavy (non-hydrogen) atoms. The number of Topliss-reactive ketones (excluding diaryl/α,β-unsaturated/α-hetero) is 1. The molecule has 1 fully saturated rings. The molecule has 0 amide bonds. The van der Waals surface area contributed by atoms with E-state index in [9.17, 15) is 9.59 Å². The average molecular weight is 410 g/mol. The maximum Gasteiger partial charge on any atom is 0.259 e. The van der Waals surface area contributed by atoms with Crippen molar-refractivity contribution in [2.24, 2.45) is 0 Å². The number of piperidine rings is 1. The van der Waals surface area contributed by atoms with Gasteiger partial charge in [-0.25, -0.2) is 4.98 Å². The average Bonchev–Trinajstić information content (AvgIpc) is 3.06. The van der Waals surface area contributed by atoms with Crippen molar-refractivity contribution in [3.05, 3.63) is 56.4 Å². The van der Waals surface area contributed by atoms with Gasteiger partial charge in [0.2, 0.25) is 0 Å². The number of ketones is 1. The van der Waals surface area contributed by atoms with Gasteiger partial charge >= 0.3 is 0 Å². The van der Waals surface area contributed by atoms with Crippen LogP contribution in [0.15, 0.2) is 29.1 Å². The molecule has 1 N–H and O–H groups in total. The number of fused-ring (bicyclic) bond motifs is 2. The third-order valence-electron chi connectivity index (χ3n) is 5.96. The van der Waals surface area contributed by atoms with Crippen LogP contribution in [-0.4, -0.2) is 39.3 Å². The summed E-state index contributed by atoms with van der Waals surface area (Å²) >= 11 is 1.55. The first kappa shape index (κ1) is 18.5. The fraction of sp³-hybridized carbons (Fsp3) is 0.409. The number of nitrogens with zero attached hydrogens (tertiary/aromatic N) is 2. The summed E-state index contributed by atoms with van der Waals surface area (Å²) in [7, 11) is 0. The summed E-state index contributed by atoms with van der Waals surface area (Å²) in [4.78, 5) is 36.7. The third-order valence-corrected chi connectivity index (χ3v) is 6.90. The standard InChI is InChI=1S/C22H23N3O3S/c1-13-3-4-18-15(9-13)17(26)11-22(28-18)5-7-25(8-6-22)12-19-23-20(27)16-10-14(2)29-21(16)24-19/h3-4,9-10H,5-8,11-12H2,1-2H3,(H,23,24,27). The number of carbonyl (C=O) groups excluding carboxylic acids is 1. The van der Waals surface area contributed by atoms with Gasteiger partial charge in [0.05, 0.1) is 23.9 Å². The molecule has 1 aromatic carbocycles. The fourth-order valence-electron chi connectivity index (χ4n) is 4.39. The van der Waals surface area contributed by atoms with Crippen molar-refractivity contribution in [2.75, 3.05) is 13.1 Å². The van der Waals surface area contributed by atoms with E-state index in [1.807, 2.05) is 38.1 Å². The van der Waals surface area contributed by atoms with E-state index in [1.54, 1.807) is 11.3 Å². The number of H-pyrrole nitrogens is 1. The maximum absolute atomic E-state index is 12.7. The van der Waals surface area contributed by atoms with Gasteiger partial charge in [0.15, 0.2) is 5.78 Å². The van der Waals surface area contributed by atoms with E-state index in [1.165, 1.54) is 0 Å². The Hall–Kier alpha value is -2.51. The molecule has 1 saturated heterocycles. The highest BCUT2D eigenvalue weighted by Gasteiger charge is 2.42. The zero-order chi connectivity index (χ0) is 20.2. The van der Waals surface area contributed by atoms with Crippen LogP contribution >= 0.6 is 11.3 Å². The molecule has 3 aromatic rings. The number of thiophene rings is 1. The van der Waals surface area contributed by atoms with Crippen molar-refractivity contribution in [3.63, 3.8) is 0 Å². The lowest BCUT2D eigenvalue weighted by Gasteiger charge is -2.43. The lowest BCUT2D eigenvalue weighted by Crippen LogP contribution is -2.50. The molecule has 2 aliphatic heterocycles. The number of ether oxygens (including phenoxy) is 1. The van der Waals surface area contributed by atoms with Crippen LogP contribution in [0.4, 0.5) is 0 Å². The molecule has 2 aliphatic rings. The Labute approximate surface area is 172 Å². The highest BCUT2D eigenvalue weighted by atomic mass is 32.1. The lowest BCUT2D eigenvalue weighted by molar-refractivity contribution is -0.0112. The van der Waals surface area contributed by atoms with Crippen LogP contribution in [0.25, 0.3) is 10.2 Å². The Balaban J connectivity index is 1.30. The van der Waals surface area contributed by atoms with E-state index < -0.39 is 5.60 Å². The van der Waals surface area contributed by atoms with Crippen molar-refractivity contribution in [2.45, 2.75) is 45.3 Å². The summed E-state index contributed by atoms with van der Waals surface area (Å²) in [5.41, 5.74) is 1.30. The van der Waals surface area contributed by atoms with E-state index in [2.05, 4.69) is 14.9 Å². The molecule has 150 valence electrons. The van der Waals surface area contributed by atoms with E-state index in [0.29, 0.717) is 35.5 Å². The molecule has 2 aromatic heterocycles. The van der Waals surface area contributed by atoms with Gasteiger partial charge in [0.25, 0.3) is 5.56 Å². The van der Waals surface area contributed by atoms with E-state index in [-0.39, 0.29) is 11.3 Å². The van der Waals surface area contributed by atoms with Crippen molar-refractivity contribution >= 4 is 27.3 Å². The number of hydrogen-bond acceptors (Lipinski definition) is 6. The first-order valence-electron chi connectivity index (χ1n) is 9.95. The number of hydrogen-bond donors (Lipinski definition) is 1. The Kier molecular flexibility index (Phi) is 4.33. The minimum Gasteiger partial charge on any atom is -0.486 e. The minimum absolute atomic E-state index is 0.0732. The Morgan fingerprint density at radius 1 is 1.21 bits per heavy atom. The molecule has 0 atom stereocenters. The largest absolute Gasteiger partial charge is 0.486 e. The molecule has 0 saturated carbocycles. The second kappa shape index (κ2) is 6.78. The summed E-state index contributed by atoms with van der Waals surface area (Å²) < 4.78 is 6.34. The van der Waals surface area contributed by atoms with Crippen LogP contribution in [0.1, 0.15) is 45.9 Å². The van der Waals surface area contributed by atoms with Gasteiger partial charge in [0, 0.05) is 30.8 Å². The molecule has 6 nitrogen and oxygen atoms in total. The lowest BCUT2D eigenvalue weighted by atomic mass is 9.82. The van der Waals surface area contributed by atoms with Gasteiger partial charge in [-0.1, -0.05) is 11.6 Å². The second-order valence-corrected chi connectivity index (χ2v) is 9.48. The van der Waals surface area contributed by atoms with Crippen LogP contribution in [-0.2, 0) is 6.54 Å². The molecule has 0 unspecified atom stereocenters. The molecule has 0 bridgehead atoms. The molecule has 5 rings (SSSR count). The van der Waals surface area contributed by atoms with E-state index in [4.69, 9.17) is 4.74 Å². The highest BCUT2D eigenvalue weighted by Crippen LogP contribution is 2.39. The summed E-state index contributed by atoms with van der Waals surface area (Å²) in [6.45, 7) is 6.19. The van der Waals surface area contributed by atoms with E-state index >= 15 is 0 Å². The topological polar surface area (TPSA) is 75.3 Å². The second-order valence-electron chi connectivity index (χ2n) is 8.25. The van der Waals surface area contributed by atoms with Gasteiger partial charge in [-0.05, 0) is 32.0 Å². The molecule has 0 radical (unpaired) electrons. The SMILES string of the molecule is Cc1ccc2c(c1)C(=O)CC1(CCN(Cc3nc4sc(C)cc4c(=O)[nH]3)CC1)O2. The zero-order valence-corrected chi connectivity index (χ0v) is 17.4. The first-order valence-corrected chi connectivity index (χ1v) is 10.8. The van der Waals surface area contributed by atoms with Crippen LogP contribution in [0.2, 0.25) is 0 Å². The Bertz CT molecular complexity index is 1170. The fourth-order valence-corrected chi connectivity index (χ4v) is 5.29. The number of benzene rings is 1. The predicted molar refractivity (Wildman–Crippen MR) is 113 cm³/mol. The van der Waals surface area contributed by atoms with E-state index in [0.717, 1.165) is 41.2 Å². The summed E-state index contributed by atoms with van der Waals surface area (Å²) in [5, 5.41) is 0.664. The van der Waals surface area contributed by atoms with Crippen molar-refractivity contribution in [1.29, 1.82) is 0 Å². The van der Waals surface area contributed by atoms with Gasteiger partial charge in [-0.3, -0.25) is 14.5 Å². The van der Waals surface area contributed by atoms with Gasteiger partial charge < -0.3 is 9.72 Å². The summed E-state index contributed by atoms with van der Waals surface area (Å²) in [6, 6.07) is 7.72. The quantitative estimate of drug-likeness (QED) is 0.700. The highest BCUT2D eigenvalue weighted by molar-refractivity contribution is 7.18. The van der Waals surface area contributed by atoms with Crippen LogP contribution in [0.5, 0.6) is 5.75 Å².